The molecule has 0 aliphatic heterocycles. The van der Waals surface area contributed by atoms with Crippen LogP contribution in [0.4, 0.5) is 5.00 Å². The molecule has 1 aliphatic rings. The Balaban J connectivity index is 2.37. The van der Waals surface area contributed by atoms with Crippen LogP contribution in [0.2, 0.25) is 0 Å². The summed E-state index contributed by atoms with van der Waals surface area (Å²) in [5, 5.41) is 2.56. The van der Waals surface area contributed by atoms with Gasteiger partial charge in [0.15, 0.2) is 0 Å². The topological polar surface area (TPSA) is 69.1 Å². The highest BCUT2D eigenvalue weighted by Gasteiger charge is 2.24. The summed E-state index contributed by atoms with van der Waals surface area (Å²) in [5.74, 6) is 0.122. The molecule has 0 atom stereocenters. The number of anilines is 1. The molecule has 1 saturated carbocycles. The van der Waals surface area contributed by atoms with Crippen LogP contribution in [0.3, 0.4) is 0 Å². The van der Waals surface area contributed by atoms with E-state index in [1.165, 1.54) is 24.2 Å². The molecule has 0 unspecified atom stereocenters. The van der Waals surface area contributed by atoms with E-state index in [9.17, 15) is 4.79 Å². The molecule has 0 bridgehead atoms. The van der Waals surface area contributed by atoms with Gasteiger partial charge in [-0.1, -0.05) is 12.8 Å². The van der Waals surface area contributed by atoms with E-state index in [0.29, 0.717) is 16.5 Å². The van der Waals surface area contributed by atoms with E-state index in [1.54, 1.807) is 0 Å². The lowest BCUT2D eigenvalue weighted by molar-refractivity contribution is 0.1000. The summed E-state index contributed by atoms with van der Waals surface area (Å²) in [6.07, 6.45) is 4.82. The molecule has 1 aromatic rings. The Bertz CT molecular complexity index is 353. The second-order valence-electron chi connectivity index (χ2n) is 3.78. The van der Waals surface area contributed by atoms with Crippen molar-refractivity contribution in [3.8, 4) is 0 Å². The Morgan fingerprint density at radius 3 is 2.64 bits per heavy atom. The van der Waals surface area contributed by atoms with Crippen LogP contribution in [0.1, 0.15) is 47.5 Å². The molecule has 1 amide bonds. The van der Waals surface area contributed by atoms with Gasteiger partial charge in [-0.2, -0.15) is 0 Å². The van der Waals surface area contributed by atoms with Crippen LogP contribution in [-0.2, 0) is 0 Å². The number of thiophene rings is 1. The van der Waals surface area contributed by atoms with Gasteiger partial charge in [-0.25, -0.2) is 0 Å². The lowest BCUT2D eigenvalue weighted by atomic mass is 9.96. The maximum Gasteiger partial charge on any atom is 0.251 e. The van der Waals surface area contributed by atoms with Crippen molar-refractivity contribution < 1.29 is 4.79 Å². The maximum absolute atomic E-state index is 11.2. The Hall–Kier alpha value is -1.03. The van der Waals surface area contributed by atoms with E-state index in [-0.39, 0.29) is 5.91 Å². The number of carbonyl (C=O) groups is 1. The van der Waals surface area contributed by atoms with Gasteiger partial charge in [-0.15, -0.1) is 11.3 Å². The molecule has 1 heterocycles. The Morgan fingerprint density at radius 1 is 1.43 bits per heavy atom. The molecule has 2 rings (SSSR count). The minimum atomic E-state index is -0.384. The largest absolute Gasteiger partial charge is 0.390 e. The first kappa shape index (κ1) is 9.52. The van der Waals surface area contributed by atoms with Crippen molar-refractivity contribution in [2.24, 2.45) is 5.73 Å². The van der Waals surface area contributed by atoms with Crippen molar-refractivity contribution in [3.05, 3.63) is 16.5 Å². The molecule has 0 radical (unpaired) electrons. The first-order valence-corrected chi connectivity index (χ1v) is 5.74. The van der Waals surface area contributed by atoms with Crippen LogP contribution in [0.5, 0.6) is 0 Å². The molecule has 76 valence electrons. The molecule has 1 aromatic heterocycles. The summed E-state index contributed by atoms with van der Waals surface area (Å²) in [5.41, 5.74) is 12.7. The third kappa shape index (κ3) is 1.50. The van der Waals surface area contributed by atoms with E-state index in [0.717, 1.165) is 18.4 Å². The molecule has 4 heteroatoms. The van der Waals surface area contributed by atoms with E-state index < -0.39 is 0 Å². The maximum atomic E-state index is 11.2. The fraction of sp³-hybridized carbons (Fsp3) is 0.500. The molecule has 3 nitrogen and oxygen atoms in total. The van der Waals surface area contributed by atoms with Gasteiger partial charge in [0.25, 0.3) is 5.91 Å². The lowest BCUT2D eigenvalue weighted by Crippen LogP contribution is -2.14. The average Bonchev–Trinajstić information content (AvgIpc) is 2.70. The molecule has 0 saturated heterocycles. The van der Waals surface area contributed by atoms with Gasteiger partial charge in [-0.05, 0) is 29.7 Å². The normalized spacial score (nSPS) is 17.4. The van der Waals surface area contributed by atoms with Crippen LogP contribution in [-0.4, -0.2) is 5.91 Å². The van der Waals surface area contributed by atoms with E-state index in [1.807, 2.05) is 5.38 Å². The summed E-state index contributed by atoms with van der Waals surface area (Å²) in [6, 6.07) is 0. The van der Waals surface area contributed by atoms with Gasteiger partial charge in [0.1, 0.15) is 0 Å². The van der Waals surface area contributed by atoms with Crippen molar-refractivity contribution in [1.29, 1.82) is 0 Å². The van der Waals surface area contributed by atoms with Crippen molar-refractivity contribution >= 4 is 22.2 Å². The Kier molecular flexibility index (Phi) is 2.46. The van der Waals surface area contributed by atoms with E-state index in [2.05, 4.69) is 0 Å². The summed E-state index contributed by atoms with van der Waals surface area (Å²) >= 11 is 1.42. The molecular formula is C10H14N2OS. The monoisotopic (exact) mass is 210 g/mol. The van der Waals surface area contributed by atoms with E-state index in [4.69, 9.17) is 11.5 Å². The smallest absolute Gasteiger partial charge is 0.251 e. The van der Waals surface area contributed by atoms with Crippen molar-refractivity contribution in [1.82, 2.24) is 0 Å². The van der Waals surface area contributed by atoms with Gasteiger partial charge in [0.2, 0.25) is 0 Å². The fourth-order valence-electron chi connectivity index (χ4n) is 2.19. The minimum Gasteiger partial charge on any atom is -0.390 e. The van der Waals surface area contributed by atoms with Crippen LogP contribution in [0.15, 0.2) is 5.38 Å². The zero-order valence-electron chi connectivity index (χ0n) is 7.95. The van der Waals surface area contributed by atoms with Crippen molar-refractivity contribution in [2.45, 2.75) is 31.6 Å². The quantitative estimate of drug-likeness (QED) is 0.784. The number of nitrogen functional groups attached to an aromatic ring is 1. The fourth-order valence-corrected chi connectivity index (χ4v) is 3.09. The van der Waals surface area contributed by atoms with Gasteiger partial charge < -0.3 is 11.5 Å². The molecule has 14 heavy (non-hydrogen) atoms. The number of nitrogens with two attached hydrogens (primary N) is 2. The third-order valence-electron chi connectivity index (χ3n) is 2.89. The molecule has 1 aliphatic carbocycles. The standard InChI is InChI=1S/C10H14N2OS/c11-9(13)8-7(5-14-10(8)12)6-3-1-2-4-6/h5-6H,1-4,12H2,(H2,11,13). The van der Waals surface area contributed by atoms with Gasteiger partial charge in [-0.3, -0.25) is 4.79 Å². The van der Waals surface area contributed by atoms with Gasteiger partial charge >= 0.3 is 0 Å². The second-order valence-corrected chi connectivity index (χ2v) is 4.69. The van der Waals surface area contributed by atoms with Crippen LogP contribution in [0, 0.1) is 0 Å². The summed E-state index contributed by atoms with van der Waals surface area (Å²) in [4.78, 5) is 11.2. The summed E-state index contributed by atoms with van der Waals surface area (Å²) < 4.78 is 0. The number of primary amides is 1. The minimum absolute atomic E-state index is 0.384. The van der Waals surface area contributed by atoms with Crippen molar-refractivity contribution in [3.63, 3.8) is 0 Å². The SMILES string of the molecule is NC(=O)c1c(C2CCCC2)csc1N. The Morgan fingerprint density at radius 2 is 2.07 bits per heavy atom. The highest BCUT2D eigenvalue weighted by atomic mass is 32.1. The first-order chi connectivity index (χ1) is 6.70. The van der Waals surface area contributed by atoms with Crippen LogP contribution < -0.4 is 11.5 Å². The van der Waals surface area contributed by atoms with Crippen LogP contribution >= 0.6 is 11.3 Å². The highest BCUT2D eigenvalue weighted by Crippen LogP contribution is 2.39. The van der Waals surface area contributed by atoms with Gasteiger partial charge in [0, 0.05) is 0 Å². The van der Waals surface area contributed by atoms with Gasteiger partial charge in [0.05, 0.1) is 10.6 Å². The number of hydrogen-bond donors (Lipinski definition) is 2. The number of carbonyl (C=O) groups excluding carboxylic acids is 1. The molecule has 0 aromatic carbocycles. The predicted molar refractivity (Wildman–Crippen MR) is 58.5 cm³/mol. The van der Waals surface area contributed by atoms with Crippen molar-refractivity contribution in [2.75, 3.05) is 5.73 Å². The molecule has 1 fully saturated rings. The average molecular weight is 210 g/mol. The predicted octanol–water partition coefficient (Wildman–Crippen LogP) is 2.09. The molecule has 0 spiro atoms. The molecule has 4 N–H and O–H groups in total. The highest BCUT2D eigenvalue weighted by molar-refractivity contribution is 7.14. The number of amides is 1. The lowest BCUT2D eigenvalue weighted by Gasteiger charge is -2.08. The number of hydrogen-bond acceptors (Lipinski definition) is 3. The first-order valence-electron chi connectivity index (χ1n) is 4.87. The summed E-state index contributed by atoms with van der Waals surface area (Å²) in [7, 11) is 0. The Labute approximate surface area is 87.1 Å². The van der Waals surface area contributed by atoms with Crippen LogP contribution in [0.25, 0.3) is 0 Å². The second kappa shape index (κ2) is 3.61. The number of rotatable bonds is 2. The summed E-state index contributed by atoms with van der Waals surface area (Å²) in [6.45, 7) is 0. The van der Waals surface area contributed by atoms with E-state index >= 15 is 0 Å². The third-order valence-corrected chi connectivity index (χ3v) is 3.72. The zero-order chi connectivity index (χ0) is 10.1. The zero-order valence-corrected chi connectivity index (χ0v) is 8.77. The molecular weight excluding hydrogens is 196 g/mol.